The third-order valence-electron chi connectivity index (χ3n) is 5.03. The van der Waals surface area contributed by atoms with Crippen LogP contribution in [-0.2, 0) is 6.54 Å². The number of tetrazole rings is 1. The average Bonchev–Trinajstić information content (AvgIpc) is 3.24. The molecule has 1 N–H and O–H groups in total. The van der Waals surface area contributed by atoms with Gasteiger partial charge in [-0.25, -0.2) is 13.6 Å². The first kappa shape index (κ1) is 20.7. The molecule has 0 radical (unpaired) electrons. The molecular weight excluding hydrogens is 408 g/mol. The molecule has 2 heterocycles. The molecule has 11 heteroatoms. The van der Waals surface area contributed by atoms with Crippen molar-refractivity contribution in [3.05, 3.63) is 59.9 Å². The maximum Gasteiger partial charge on any atom is 0.321 e. The van der Waals surface area contributed by atoms with Gasteiger partial charge in [0, 0.05) is 44.0 Å². The Kier molecular flexibility index (Phi) is 6.03. The lowest BCUT2D eigenvalue weighted by atomic mass is 10.3. The normalized spacial score (nSPS) is 14.5. The number of carbonyl (C=O) groups excluding carboxylic acids is 1. The Morgan fingerprint density at radius 1 is 1.10 bits per heavy atom. The summed E-state index contributed by atoms with van der Waals surface area (Å²) in [6, 6.07) is 10.5. The number of anilines is 1. The Morgan fingerprint density at radius 3 is 2.65 bits per heavy atom. The number of nitrogens with one attached hydrogen (secondary N) is 1. The summed E-state index contributed by atoms with van der Waals surface area (Å²) in [4.78, 5) is 16.4. The van der Waals surface area contributed by atoms with E-state index in [1.165, 1.54) is 10.7 Å². The Morgan fingerprint density at radius 2 is 1.90 bits per heavy atom. The molecule has 0 atom stereocenters. The van der Waals surface area contributed by atoms with Gasteiger partial charge in [-0.05, 0) is 34.7 Å². The molecule has 1 fully saturated rings. The van der Waals surface area contributed by atoms with Crippen LogP contribution in [0.25, 0.3) is 5.69 Å². The summed E-state index contributed by atoms with van der Waals surface area (Å²) in [5, 5.41) is 14.4. The molecule has 0 unspecified atom stereocenters. The number of hydrogen-bond acceptors (Lipinski definition) is 6. The first-order valence-electron chi connectivity index (χ1n) is 9.68. The molecule has 31 heavy (non-hydrogen) atoms. The van der Waals surface area contributed by atoms with Crippen LogP contribution in [0.2, 0.25) is 0 Å². The Labute approximate surface area is 177 Å². The number of nitrogens with zero attached hydrogens (tertiary/aromatic N) is 6. The van der Waals surface area contributed by atoms with Crippen LogP contribution in [0.4, 0.5) is 19.3 Å². The summed E-state index contributed by atoms with van der Waals surface area (Å²) >= 11 is 0. The molecule has 4 rings (SSSR count). The zero-order valence-electron chi connectivity index (χ0n) is 16.8. The van der Waals surface area contributed by atoms with E-state index in [9.17, 15) is 13.6 Å². The average molecular weight is 429 g/mol. The van der Waals surface area contributed by atoms with E-state index in [0.717, 1.165) is 12.1 Å². The van der Waals surface area contributed by atoms with Gasteiger partial charge in [0.25, 0.3) is 0 Å². The highest BCUT2D eigenvalue weighted by Crippen LogP contribution is 2.18. The highest BCUT2D eigenvalue weighted by Gasteiger charge is 2.23. The molecule has 1 saturated heterocycles. The number of amides is 2. The minimum absolute atomic E-state index is 0.181. The zero-order chi connectivity index (χ0) is 21.8. The van der Waals surface area contributed by atoms with Crippen LogP contribution >= 0.6 is 0 Å². The third kappa shape index (κ3) is 4.77. The predicted molar refractivity (Wildman–Crippen MR) is 108 cm³/mol. The van der Waals surface area contributed by atoms with Crippen molar-refractivity contribution in [2.24, 2.45) is 0 Å². The van der Waals surface area contributed by atoms with Crippen LogP contribution in [0.1, 0.15) is 5.82 Å². The topological polar surface area (TPSA) is 88.4 Å². The minimum Gasteiger partial charge on any atom is -0.497 e. The van der Waals surface area contributed by atoms with E-state index >= 15 is 0 Å². The maximum absolute atomic E-state index is 13.6. The molecule has 1 aromatic heterocycles. The van der Waals surface area contributed by atoms with Crippen LogP contribution in [0.15, 0.2) is 42.5 Å². The van der Waals surface area contributed by atoms with Crippen LogP contribution < -0.4 is 10.1 Å². The number of methoxy groups -OCH3 is 1. The summed E-state index contributed by atoms with van der Waals surface area (Å²) < 4.78 is 33.3. The second-order valence-electron chi connectivity index (χ2n) is 7.03. The van der Waals surface area contributed by atoms with Gasteiger partial charge in [-0.2, -0.15) is 4.68 Å². The SMILES string of the molecule is COc1cccc(NC(=O)N2CCN(Cc3nnnn3-c3ccc(F)c(F)c3)CC2)c1. The van der Waals surface area contributed by atoms with E-state index in [-0.39, 0.29) is 6.03 Å². The van der Waals surface area contributed by atoms with Crippen LogP contribution in [0.5, 0.6) is 5.75 Å². The number of halogens is 2. The Bertz CT molecular complexity index is 1070. The number of piperazine rings is 1. The number of aromatic nitrogens is 4. The molecule has 2 aromatic carbocycles. The largest absolute Gasteiger partial charge is 0.497 e. The van der Waals surface area contributed by atoms with Crippen molar-refractivity contribution in [2.75, 3.05) is 38.6 Å². The molecule has 0 saturated carbocycles. The highest BCUT2D eigenvalue weighted by atomic mass is 19.2. The van der Waals surface area contributed by atoms with Gasteiger partial charge in [0.2, 0.25) is 0 Å². The van der Waals surface area contributed by atoms with E-state index in [0.29, 0.717) is 55.7 Å². The van der Waals surface area contributed by atoms with Gasteiger partial charge in [-0.1, -0.05) is 6.07 Å². The fourth-order valence-electron chi connectivity index (χ4n) is 3.33. The fraction of sp³-hybridized carbons (Fsp3) is 0.300. The molecule has 2 amide bonds. The summed E-state index contributed by atoms with van der Waals surface area (Å²) in [5.74, 6) is -0.724. The number of hydrogen-bond donors (Lipinski definition) is 1. The van der Waals surface area contributed by atoms with Crippen molar-refractivity contribution in [1.82, 2.24) is 30.0 Å². The molecule has 162 valence electrons. The molecule has 1 aliphatic rings. The van der Waals surface area contributed by atoms with E-state index in [1.807, 2.05) is 12.1 Å². The van der Waals surface area contributed by atoms with Gasteiger partial charge in [-0.3, -0.25) is 4.90 Å². The molecule has 0 bridgehead atoms. The second kappa shape index (κ2) is 9.04. The minimum atomic E-state index is -0.963. The molecule has 0 aliphatic carbocycles. The van der Waals surface area contributed by atoms with Crippen LogP contribution in [0, 0.1) is 11.6 Å². The number of urea groups is 1. The summed E-state index contributed by atoms with van der Waals surface area (Å²) in [6.45, 7) is 2.72. The molecule has 1 aliphatic heterocycles. The Hall–Kier alpha value is -3.60. The number of rotatable bonds is 5. The lowest BCUT2D eigenvalue weighted by molar-refractivity contribution is 0.140. The van der Waals surface area contributed by atoms with Crippen LogP contribution in [-0.4, -0.2) is 69.3 Å². The van der Waals surface area contributed by atoms with Gasteiger partial charge >= 0.3 is 6.03 Å². The first-order chi connectivity index (χ1) is 15.0. The van der Waals surface area contributed by atoms with Crippen molar-refractivity contribution >= 4 is 11.7 Å². The number of ether oxygens (including phenoxy) is 1. The standard InChI is InChI=1S/C20H21F2N7O2/c1-31-16-4-2-3-14(11-16)23-20(30)28-9-7-27(8-10-28)13-19-24-25-26-29(19)15-5-6-17(21)18(22)12-15/h2-6,11-12H,7-10,13H2,1H3,(H,23,30). The third-order valence-corrected chi connectivity index (χ3v) is 5.03. The molecule has 0 spiro atoms. The van der Waals surface area contributed by atoms with Crippen molar-refractivity contribution in [2.45, 2.75) is 6.54 Å². The first-order valence-corrected chi connectivity index (χ1v) is 9.68. The lowest BCUT2D eigenvalue weighted by Crippen LogP contribution is -2.49. The van der Waals surface area contributed by atoms with Crippen molar-refractivity contribution < 1.29 is 18.3 Å². The fourth-order valence-corrected chi connectivity index (χ4v) is 3.33. The van der Waals surface area contributed by atoms with Gasteiger partial charge < -0.3 is 15.0 Å². The monoisotopic (exact) mass is 429 g/mol. The maximum atomic E-state index is 13.6. The van der Waals surface area contributed by atoms with E-state index < -0.39 is 11.6 Å². The van der Waals surface area contributed by atoms with Gasteiger partial charge in [0.15, 0.2) is 17.5 Å². The van der Waals surface area contributed by atoms with Gasteiger partial charge in [0.05, 0.1) is 19.3 Å². The summed E-state index contributed by atoms with van der Waals surface area (Å²) in [6.07, 6.45) is 0. The van der Waals surface area contributed by atoms with Gasteiger partial charge in [-0.15, -0.1) is 5.10 Å². The quantitative estimate of drug-likeness (QED) is 0.670. The van der Waals surface area contributed by atoms with Crippen molar-refractivity contribution in [1.29, 1.82) is 0 Å². The number of carbonyl (C=O) groups is 1. The summed E-state index contributed by atoms with van der Waals surface area (Å²) in [5.41, 5.74) is 1.01. The number of benzene rings is 2. The van der Waals surface area contributed by atoms with Crippen molar-refractivity contribution in [3.63, 3.8) is 0 Å². The molecule has 3 aromatic rings. The highest BCUT2D eigenvalue weighted by molar-refractivity contribution is 5.89. The molecular formula is C20H21F2N7O2. The smallest absolute Gasteiger partial charge is 0.321 e. The van der Waals surface area contributed by atoms with E-state index in [2.05, 4.69) is 25.7 Å². The van der Waals surface area contributed by atoms with Gasteiger partial charge in [0.1, 0.15) is 5.75 Å². The predicted octanol–water partition coefficient (Wildman–Crippen LogP) is 2.30. The van der Waals surface area contributed by atoms with Crippen LogP contribution in [0.3, 0.4) is 0 Å². The summed E-state index contributed by atoms with van der Waals surface area (Å²) in [7, 11) is 1.57. The van der Waals surface area contributed by atoms with Crippen molar-refractivity contribution in [3.8, 4) is 11.4 Å². The van der Waals surface area contributed by atoms with E-state index in [4.69, 9.17) is 4.74 Å². The van der Waals surface area contributed by atoms with E-state index in [1.54, 1.807) is 24.1 Å². The second-order valence-corrected chi connectivity index (χ2v) is 7.03. The zero-order valence-corrected chi connectivity index (χ0v) is 16.8. The molecule has 9 nitrogen and oxygen atoms in total. The Balaban J connectivity index is 1.34. The lowest BCUT2D eigenvalue weighted by Gasteiger charge is -2.34.